The minimum absolute atomic E-state index is 0.0105. The fourth-order valence-corrected chi connectivity index (χ4v) is 3.16. The van der Waals surface area contributed by atoms with Gasteiger partial charge in [-0.1, -0.05) is 12.1 Å². The normalized spacial score (nSPS) is 16.8. The molecule has 2 aromatic rings. The Bertz CT molecular complexity index is 846. The predicted octanol–water partition coefficient (Wildman–Crippen LogP) is 0.433. The van der Waals surface area contributed by atoms with Gasteiger partial charge in [-0.15, -0.1) is 0 Å². The van der Waals surface area contributed by atoms with Crippen LogP contribution in [0.4, 0.5) is 0 Å². The molecule has 1 aromatic carbocycles. The second-order valence-electron chi connectivity index (χ2n) is 6.29. The average molecular weight is 340 g/mol. The van der Waals surface area contributed by atoms with Gasteiger partial charge in [-0.3, -0.25) is 14.2 Å². The molecule has 25 heavy (non-hydrogen) atoms. The van der Waals surface area contributed by atoms with Crippen molar-refractivity contribution < 1.29 is 9.59 Å². The third-order valence-corrected chi connectivity index (χ3v) is 4.46. The van der Waals surface area contributed by atoms with E-state index in [-0.39, 0.29) is 12.5 Å². The number of carbonyl (C=O) groups is 2. The molecule has 0 saturated carbocycles. The van der Waals surface area contributed by atoms with Crippen molar-refractivity contribution in [2.24, 2.45) is 11.7 Å². The van der Waals surface area contributed by atoms with Crippen LogP contribution in [0.15, 0.2) is 47.5 Å². The Labute approximate surface area is 145 Å². The number of carbonyl (C=O) groups excluding carboxylic acids is 2. The summed E-state index contributed by atoms with van der Waals surface area (Å²) in [7, 11) is 0. The van der Waals surface area contributed by atoms with E-state index in [0.29, 0.717) is 24.6 Å². The van der Waals surface area contributed by atoms with Crippen LogP contribution in [0.5, 0.6) is 0 Å². The Kier molecular flexibility index (Phi) is 4.92. The molecule has 2 N–H and O–H groups in total. The van der Waals surface area contributed by atoms with Gasteiger partial charge in [-0.2, -0.15) is 0 Å². The number of hydrogen-bond donors (Lipinski definition) is 1. The van der Waals surface area contributed by atoms with E-state index in [1.165, 1.54) is 10.8 Å². The van der Waals surface area contributed by atoms with E-state index in [1.54, 1.807) is 23.2 Å². The van der Waals surface area contributed by atoms with Crippen molar-refractivity contribution in [3.05, 3.63) is 64.3 Å². The molecule has 1 fully saturated rings. The minimum atomic E-state index is -0.438. The van der Waals surface area contributed by atoms with Crippen molar-refractivity contribution >= 4 is 11.8 Å². The van der Waals surface area contributed by atoms with Crippen LogP contribution in [-0.2, 0) is 17.8 Å². The van der Waals surface area contributed by atoms with E-state index >= 15 is 0 Å². The summed E-state index contributed by atoms with van der Waals surface area (Å²) in [5, 5.41) is 0. The number of nitrogens with two attached hydrogens (primary N) is 1. The number of hydrogen-bond acceptors (Lipinski definition) is 4. The lowest BCUT2D eigenvalue weighted by Gasteiger charge is -2.17. The maximum atomic E-state index is 12.4. The first-order valence-corrected chi connectivity index (χ1v) is 8.21. The molecule has 0 unspecified atom stereocenters. The molecule has 7 heteroatoms. The van der Waals surface area contributed by atoms with E-state index in [1.807, 2.05) is 18.2 Å². The zero-order valence-electron chi connectivity index (χ0n) is 13.8. The summed E-state index contributed by atoms with van der Waals surface area (Å²) in [5.41, 5.74) is 6.43. The maximum Gasteiger partial charge on any atom is 0.347 e. The molecule has 3 rings (SSSR count). The van der Waals surface area contributed by atoms with Gasteiger partial charge in [0, 0.05) is 31.0 Å². The molecule has 1 saturated heterocycles. The number of nitrogens with zero attached hydrogens (tertiary/aromatic N) is 3. The SMILES string of the molecule is NC(=O)c1cccc(C[C@@H]2CCN(C(=O)Cn3cccnc3=O)C2)c1. The van der Waals surface area contributed by atoms with Crippen LogP contribution in [0.2, 0.25) is 0 Å². The number of rotatable bonds is 5. The molecule has 7 nitrogen and oxygen atoms in total. The first-order valence-electron chi connectivity index (χ1n) is 8.21. The van der Waals surface area contributed by atoms with E-state index < -0.39 is 11.6 Å². The van der Waals surface area contributed by atoms with Crippen LogP contribution in [0.3, 0.4) is 0 Å². The summed E-state index contributed by atoms with van der Waals surface area (Å²) in [5.74, 6) is -0.187. The Morgan fingerprint density at radius 3 is 2.88 bits per heavy atom. The molecule has 0 radical (unpaired) electrons. The van der Waals surface area contributed by atoms with Crippen molar-refractivity contribution in [3.63, 3.8) is 0 Å². The Morgan fingerprint density at radius 1 is 1.28 bits per heavy atom. The smallest absolute Gasteiger partial charge is 0.347 e. The van der Waals surface area contributed by atoms with Crippen LogP contribution in [0.25, 0.3) is 0 Å². The van der Waals surface area contributed by atoms with Gasteiger partial charge in [0.1, 0.15) is 6.54 Å². The summed E-state index contributed by atoms with van der Waals surface area (Å²) in [4.78, 5) is 40.7. The van der Waals surface area contributed by atoms with Crippen LogP contribution in [-0.4, -0.2) is 39.4 Å². The summed E-state index contributed by atoms with van der Waals surface area (Å²) in [6.07, 6.45) is 4.66. The highest BCUT2D eigenvalue weighted by atomic mass is 16.2. The quantitative estimate of drug-likeness (QED) is 0.853. The fraction of sp³-hybridized carbons (Fsp3) is 0.333. The van der Waals surface area contributed by atoms with Crippen molar-refractivity contribution in [2.75, 3.05) is 13.1 Å². The summed E-state index contributed by atoms with van der Waals surface area (Å²) < 4.78 is 1.31. The van der Waals surface area contributed by atoms with Crippen LogP contribution >= 0.6 is 0 Å². The molecule has 2 heterocycles. The largest absolute Gasteiger partial charge is 0.366 e. The lowest BCUT2D eigenvalue weighted by molar-refractivity contribution is -0.131. The molecule has 1 aromatic heterocycles. The highest BCUT2D eigenvalue weighted by molar-refractivity contribution is 5.92. The fourth-order valence-electron chi connectivity index (χ4n) is 3.16. The Morgan fingerprint density at radius 2 is 2.12 bits per heavy atom. The van der Waals surface area contributed by atoms with Gasteiger partial charge < -0.3 is 10.6 Å². The average Bonchev–Trinajstić information content (AvgIpc) is 3.06. The van der Waals surface area contributed by atoms with E-state index in [4.69, 9.17) is 5.73 Å². The number of primary amides is 1. The van der Waals surface area contributed by atoms with Gasteiger partial charge in [-0.05, 0) is 42.5 Å². The van der Waals surface area contributed by atoms with Crippen molar-refractivity contribution in [1.29, 1.82) is 0 Å². The van der Waals surface area contributed by atoms with Gasteiger partial charge in [-0.25, -0.2) is 9.78 Å². The van der Waals surface area contributed by atoms with Crippen LogP contribution in [0, 0.1) is 5.92 Å². The molecule has 130 valence electrons. The van der Waals surface area contributed by atoms with E-state index in [2.05, 4.69) is 4.98 Å². The van der Waals surface area contributed by atoms with Crippen molar-refractivity contribution in [2.45, 2.75) is 19.4 Å². The highest BCUT2D eigenvalue weighted by Crippen LogP contribution is 2.21. The monoisotopic (exact) mass is 340 g/mol. The predicted molar refractivity (Wildman–Crippen MR) is 91.8 cm³/mol. The summed E-state index contributed by atoms with van der Waals surface area (Å²) in [6.45, 7) is 1.33. The number of aromatic nitrogens is 2. The topological polar surface area (TPSA) is 98.3 Å². The number of amides is 2. The summed E-state index contributed by atoms with van der Waals surface area (Å²) >= 11 is 0. The van der Waals surface area contributed by atoms with E-state index in [0.717, 1.165) is 18.4 Å². The Balaban J connectivity index is 1.59. The van der Waals surface area contributed by atoms with Gasteiger partial charge >= 0.3 is 5.69 Å². The maximum absolute atomic E-state index is 12.4. The summed E-state index contributed by atoms with van der Waals surface area (Å²) in [6, 6.07) is 8.92. The zero-order valence-corrected chi connectivity index (χ0v) is 13.8. The lowest BCUT2D eigenvalue weighted by Crippen LogP contribution is -2.35. The van der Waals surface area contributed by atoms with Crippen LogP contribution in [0.1, 0.15) is 22.3 Å². The highest BCUT2D eigenvalue weighted by Gasteiger charge is 2.26. The standard InChI is InChI=1S/C18H20N4O3/c19-17(24)15-4-1-3-13(10-15)9-14-5-8-21(11-14)16(23)12-22-7-2-6-20-18(22)25/h1-4,6-7,10,14H,5,8-9,11-12H2,(H2,19,24)/t14-/m0/s1. The van der Waals surface area contributed by atoms with Crippen LogP contribution < -0.4 is 11.4 Å². The first kappa shape index (κ1) is 16.9. The van der Waals surface area contributed by atoms with Crippen molar-refractivity contribution in [1.82, 2.24) is 14.5 Å². The van der Waals surface area contributed by atoms with Crippen molar-refractivity contribution in [3.8, 4) is 0 Å². The van der Waals surface area contributed by atoms with Gasteiger partial charge in [0.2, 0.25) is 11.8 Å². The van der Waals surface area contributed by atoms with Gasteiger partial charge in [0.15, 0.2) is 0 Å². The zero-order chi connectivity index (χ0) is 17.8. The molecule has 1 atom stereocenters. The second-order valence-corrected chi connectivity index (χ2v) is 6.29. The molecule has 1 aliphatic heterocycles. The van der Waals surface area contributed by atoms with E-state index in [9.17, 15) is 14.4 Å². The minimum Gasteiger partial charge on any atom is -0.366 e. The second kappa shape index (κ2) is 7.29. The molecule has 2 amide bonds. The number of likely N-dealkylation sites (tertiary alicyclic amines) is 1. The Hall–Kier alpha value is -2.96. The molecule has 0 bridgehead atoms. The molecular formula is C18H20N4O3. The van der Waals surface area contributed by atoms with Gasteiger partial charge in [0.05, 0.1) is 0 Å². The van der Waals surface area contributed by atoms with Gasteiger partial charge in [0.25, 0.3) is 0 Å². The lowest BCUT2D eigenvalue weighted by atomic mass is 9.97. The third kappa shape index (κ3) is 4.12. The third-order valence-electron chi connectivity index (χ3n) is 4.46. The molecule has 0 spiro atoms. The number of benzene rings is 1. The molecule has 0 aliphatic carbocycles. The first-order chi connectivity index (χ1) is 12.0. The molecule has 1 aliphatic rings. The molecular weight excluding hydrogens is 320 g/mol.